The van der Waals surface area contributed by atoms with Crippen molar-refractivity contribution in [2.45, 2.75) is 68.3 Å². The molecule has 2 rings (SSSR count). The Morgan fingerprint density at radius 2 is 1.68 bits per heavy atom. The zero-order valence-corrected chi connectivity index (χ0v) is 16.7. The standard InChI is InChI=1S/C16H28N4O11/c1-6(23)19-9-11(25)14(8(5-22)30-15(9)28-3-2-18-20-17)31-16-13(27)12(26)10(24)7(4-21)29-16/h7-16,21-22,24-27H,2-5H2,1H3,(H,19,23). The highest BCUT2D eigenvalue weighted by atomic mass is 16.7. The predicted molar refractivity (Wildman–Crippen MR) is 98.0 cm³/mol. The van der Waals surface area contributed by atoms with Crippen molar-refractivity contribution >= 4 is 5.91 Å². The third kappa shape index (κ3) is 6.21. The molecule has 0 aromatic heterocycles. The molecule has 0 aromatic rings. The Morgan fingerprint density at radius 1 is 1.03 bits per heavy atom. The van der Waals surface area contributed by atoms with Crippen molar-refractivity contribution in [3.8, 4) is 0 Å². The first-order valence-electron chi connectivity index (χ1n) is 9.55. The van der Waals surface area contributed by atoms with E-state index in [1.807, 2.05) is 0 Å². The minimum Gasteiger partial charge on any atom is -0.394 e. The van der Waals surface area contributed by atoms with E-state index in [1.165, 1.54) is 6.92 Å². The molecule has 2 aliphatic rings. The van der Waals surface area contributed by atoms with E-state index in [1.54, 1.807) is 0 Å². The van der Waals surface area contributed by atoms with Gasteiger partial charge < -0.3 is 54.9 Å². The summed E-state index contributed by atoms with van der Waals surface area (Å²) in [5.74, 6) is -0.537. The number of carbonyl (C=O) groups excluding carboxylic acids is 1. The maximum absolute atomic E-state index is 11.6. The van der Waals surface area contributed by atoms with E-state index in [9.17, 15) is 35.4 Å². The molecule has 2 aliphatic heterocycles. The Morgan fingerprint density at radius 3 is 2.26 bits per heavy atom. The van der Waals surface area contributed by atoms with Crippen LogP contribution in [-0.2, 0) is 23.7 Å². The van der Waals surface area contributed by atoms with Gasteiger partial charge in [-0.25, -0.2) is 0 Å². The molecular weight excluding hydrogens is 424 g/mol. The average Bonchev–Trinajstić information content (AvgIpc) is 2.74. The van der Waals surface area contributed by atoms with E-state index < -0.39 is 80.5 Å². The Hall–Kier alpha value is -1.62. The zero-order valence-electron chi connectivity index (χ0n) is 16.7. The lowest BCUT2D eigenvalue weighted by molar-refractivity contribution is -0.348. The summed E-state index contributed by atoms with van der Waals surface area (Å²) >= 11 is 0. The van der Waals surface area contributed by atoms with Gasteiger partial charge in [0.1, 0.15) is 48.8 Å². The molecule has 15 nitrogen and oxygen atoms in total. The number of carbonyl (C=O) groups is 1. The van der Waals surface area contributed by atoms with Gasteiger partial charge >= 0.3 is 0 Å². The molecule has 178 valence electrons. The number of hydrogen-bond acceptors (Lipinski definition) is 12. The molecule has 7 N–H and O–H groups in total. The van der Waals surface area contributed by atoms with Gasteiger partial charge in [-0.15, -0.1) is 0 Å². The highest BCUT2D eigenvalue weighted by Gasteiger charge is 2.51. The number of azide groups is 1. The molecule has 2 saturated heterocycles. The van der Waals surface area contributed by atoms with Gasteiger partial charge in [0.25, 0.3) is 0 Å². The highest BCUT2D eigenvalue weighted by molar-refractivity contribution is 5.73. The Kier molecular flexibility index (Phi) is 9.80. The van der Waals surface area contributed by atoms with Crippen LogP contribution in [0.1, 0.15) is 6.92 Å². The lowest BCUT2D eigenvalue weighted by atomic mass is 9.95. The van der Waals surface area contributed by atoms with Crippen LogP contribution in [0, 0.1) is 0 Å². The third-order valence-corrected chi connectivity index (χ3v) is 4.90. The topological polar surface area (TPSA) is 236 Å². The first-order valence-corrected chi connectivity index (χ1v) is 9.55. The molecule has 0 bridgehead atoms. The minimum atomic E-state index is -1.75. The predicted octanol–water partition coefficient (Wildman–Crippen LogP) is -3.92. The Balaban J connectivity index is 2.18. The van der Waals surface area contributed by atoms with Crippen molar-refractivity contribution in [3.05, 3.63) is 10.4 Å². The normalized spacial score (nSPS) is 40.7. The molecule has 10 atom stereocenters. The Bertz CT molecular complexity index is 635. The fraction of sp³-hybridized carbons (Fsp3) is 0.938. The number of aliphatic hydroxyl groups excluding tert-OH is 6. The number of hydrogen-bond donors (Lipinski definition) is 7. The van der Waals surface area contributed by atoms with Crippen molar-refractivity contribution in [1.29, 1.82) is 0 Å². The summed E-state index contributed by atoms with van der Waals surface area (Å²) in [6, 6.07) is -1.18. The Labute approximate surface area is 176 Å². The number of amides is 1. The number of rotatable bonds is 9. The molecule has 1 amide bonds. The molecule has 10 unspecified atom stereocenters. The lowest BCUT2D eigenvalue weighted by Gasteiger charge is -2.47. The van der Waals surface area contributed by atoms with Gasteiger partial charge in [-0.3, -0.25) is 4.79 Å². The number of nitrogens with one attached hydrogen (secondary N) is 1. The smallest absolute Gasteiger partial charge is 0.217 e. The second-order valence-corrected chi connectivity index (χ2v) is 7.07. The minimum absolute atomic E-state index is 0.0478. The van der Waals surface area contributed by atoms with Crippen molar-refractivity contribution in [2.75, 3.05) is 26.4 Å². The van der Waals surface area contributed by atoms with Gasteiger partial charge in [0.05, 0.1) is 19.8 Å². The van der Waals surface area contributed by atoms with Crippen LogP contribution >= 0.6 is 0 Å². The fourth-order valence-electron chi connectivity index (χ4n) is 3.35. The van der Waals surface area contributed by atoms with Gasteiger partial charge in [0.15, 0.2) is 12.6 Å². The largest absolute Gasteiger partial charge is 0.394 e. The summed E-state index contributed by atoms with van der Waals surface area (Å²) in [6.07, 6.45) is -13.3. The van der Waals surface area contributed by atoms with E-state index in [4.69, 9.17) is 24.5 Å². The fourth-order valence-corrected chi connectivity index (χ4v) is 3.35. The van der Waals surface area contributed by atoms with Crippen molar-refractivity contribution in [2.24, 2.45) is 5.11 Å². The van der Waals surface area contributed by atoms with Gasteiger partial charge in [0, 0.05) is 18.4 Å². The van der Waals surface area contributed by atoms with Crippen LogP contribution < -0.4 is 5.32 Å². The van der Waals surface area contributed by atoms with Crippen LogP contribution in [0.2, 0.25) is 0 Å². The van der Waals surface area contributed by atoms with Gasteiger partial charge in [-0.05, 0) is 5.53 Å². The first-order chi connectivity index (χ1) is 14.7. The molecule has 0 aromatic carbocycles. The molecule has 0 spiro atoms. The number of aliphatic hydroxyl groups is 6. The number of ether oxygens (including phenoxy) is 4. The SMILES string of the molecule is CC(=O)NC1C(OCCN=[N+]=[N-])OC(CO)C(OC2OC(CO)C(O)C(O)C2O)C1O. The zero-order chi connectivity index (χ0) is 23.1. The van der Waals surface area contributed by atoms with E-state index in [-0.39, 0.29) is 13.2 Å². The van der Waals surface area contributed by atoms with Crippen LogP contribution in [0.3, 0.4) is 0 Å². The van der Waals surface area contributed by atoms with Crippen LogP contribution in [0.5, 0.6) is 0 Å². The number of nitrogens with zero attached hydrogens (tertiary/aromatic N) is 3. The molecule has 2 heterocycles. The average molecular weight is 452 g/mol. The monoisotopic (exact) mass is 452 g/mol. The van der Waals surface area contributed by atoms with E-state index in [0.29, 0.717) is 0 Å². The van der Waals surface area contributed by atoms with E-state index in [2.05, 4.69) is 15.3 Å². The van der Waals surface area contributed by atoms with Crippen LogP contribution in [-0.4, -0.2) is 124 Å². The summed E-state index contributed by atoms with van der Waals surface area (Å²) < 4.78 is 21.8. The maximum atomic E-state index is 11.6. The van der Waals surface area contributed by atoms with Crippen molar-refractivity contribution in [1.82, 2.24) is 5.32 Å². The summed E-state index contributed by atoms with van der Waals surface area (Å²) in [6.45, 7) is -0.313. The molecular formula is C16H28N4O11. The van der Waals surface area contributed by atoms with E-state index in [0.717, 1.165) is 0 Å². The molecule has 15 heteroatoms. The van der Waals surface area contributed by atoms with Gasteiger partial charge in [0.2, 0.25) is 5.91 Å². The van der Waals surface area contributed by atoms with Crippen molar-refractivity contribution < 1.29 is 54.4 Å². The first kappa shape index (κ1) is 25.6. The summed E-state index contributed by atoms with van der Waals surface area (Å²) in [7, 11) is 0. The molecule has 0 radical (unpaired) electrons. The molecule has 31 heavy (non-hydrogen) atoms. The lowest BCUT2D eigenvalue weighted by Crippen LogP contribution is -2.67. The third-order valence-electron chi connectivity index (χ3n) is 4.90. The molecule has 0 saturated carbocycles. The highest BCUT2D eigenvalue weighted by Crippen LogP contribution is 2.29. The maximum Gasteiger partial charge on any atom is 0.217 e. The summed E-state index contributed by atoms with van der Waals surface area (Å²) in [5.41, 5.74) is 8.32. The molecule has 0 aliphatic carbocycles. The van der Waals surface area contributed by atoms with Crippen LogP contribution in [0.15, 0.2) is 5.11 Å². The second-order valence-electron chi connectivity index (χ2n) is 7.07. The summed E-state index contributed by atoms with van der Waals surface area (Å²) in [4.78, 5) is 14.2. The van der Waals surface area contributed by atoms with Crippen LogP contribution in [0.25, 0.3) is 10.4 Å². The van der Waals surface area contributed by atoms with Gasteiger partial charge in [-0.2, -0.15) is 0 Å². The van der Waals surface area contributed by atoms with E-state index >= 15 is 0 Å². The second kappa shape index (κ2) is 11.8. The summed E-state index contributed by atoms with van der Waals surface area (Å²) in [5, 5.41) is 65.5. The van der Waals surface area contributed by atoms with Crippen LogP contribution in [0.4, 0.5) is 0 Å². The molecule has 2 fully saturated rings. The van der Waals surface area contributed by atoms with Crippen molar-refractivity contribution in [3.63, 3.8) is 0 Å². The van der Waals surface area contributed by atoms with Gasteiger partial charge in [-0.1, -0.05) is 5.11 Å². The quantitative estimate of drug-likeness (QED) is 0.0772.